The molecule has 4 rings (SSSR count). The average molecular weight is 384 g/mol. The van der Waals surface area contributed by atoms with Crippen LogP contribution < -0.4 is 18.9 Å². The van der Waals surface area contributed by atoms with E-state index in [0.717, 1.165) is 29.0 Å². The van der Waals surface area contributed by atoms with Gasteiger partial charge in [0.05, 0.1) is 0 Å². The molecule has 0 saturated carbocycles. The Morgan fingerprint density at radius 3 is 2.21 bits per heavy atom. The summed E-state index contributed by atoms with van der Waals surface area (Å²) in [5, 5.41) is 0. The molecule has 0 amide bonds. The molecule has 0 spiro atoms. The molecule has 6 nitrogen and oxygen atoms in total. The summed E-state index contributed by atoms with van der Waals surface area (Å²) in [5.41, 5.74) is 2.07. The molecule has 28 heavy (non-hydrogen) atoms. The Bertz CT molecular complexity index is 877. The standard InChI is InChI=1S/C22H24O6/c1-13(8-16-4-6-18-20(9-16)26-11-24-18)14(2)22(28-15(3)23)17-5-7-19-21(10-17)27-12-25-19/h4-7,9-10,13-14,22H,8,11-12H2,1-3H3/t13-,14-,22+/m1/s1. The van der Waals surface area contributed by atoms with Gasteiger partial charge >= 0.3 is 5.97 Å². The van der Waals surface area contributed by atoms with Gasteiger partial charge in [-0.3, -0.25) is 4.79 Å². The lowest BCUT2D eigenvalue weighted by atomic mass is 9.83. The van der Waals surface area contributed by atoms with Gasteiger partial charge in [0.2, 0.25) is 13.6 Å². The van der Waals surface area contributed by atoms with E-state index >= 15 is 0 Å². The van der Waals surface area contributed by atoms with Crippen LogP contribution in [0.2, 0.25) is 0 Å². The van der Waals surface area contributed by atoms with Gasteiger partial charge in [-0.25, -0.2) is 0 Å². The van der Waals surface area contributed by atoms with Gasteiger partial charge in [0.15, 0.2) is 23.0 Å². The average Bonchev–Trinajstić information content (AvgIpc) is 3.33. The molecule has 2 aliphatic heterocycles. The largest absolute Gasteiger partial charge is 0.457 e. The number of hydrogen-bond donors (Lipinski definition) is 0. The summed E-state index contributed by atoms with van der Waals surface area (Å²) in [6.45, 7) is 6.19. The van der Waals surface area contributed by atoms with Crippen LogP contribution in [-0.4, -0.2) is 19.6 Å². The quantitative estimate of drug-likeness (QED) is 0.694. The van der Waals surface area contributed by atoms with Crippen LogP contribution in [0.15, 0.2) is 36.4 Å². The van der Waals surface area contributed by atoms with Crippen molar-refractivity contribution in [2.45, 2.75) is 33.3 Å². The second-order valence-corrected chi connectivity index (χ2v) is 7.37. The zero-order chi connectivity index (χ0) is 19.7. The Hall–Kier alpha value is -2.89. The minimum Gasteiger partial charge on any atom is -0.457 e. The van der Waals surface area contributed by atoms with Crippen LogP contribution in [0.5, 0.6) is 23.0 Å². The Morgan fingerprint density at radius 1 is 0.929 bits per heavy atom. The minimum atomic E-state index is -0.365. The number of carbonyl (C=O) groups excluding carboxylic acids is 1. The lowest BCUT2D eigenvalue weighted by Crippen LogP contribution is -2.23. The van der Waals surface area contributed by atoms with Gasteiger partial charge < -0.3 is 23.7 Å². The van der Waals surface area contributed by atoms with Gasteiger partial charge in [-0.1, -0.05) is 26.0 Å². The summed E-state index contributed by atoms with van der Waals surface area (Å²) in [7, 11) is 0. The molecule has 148 valence electrons. The third-order valence-corrected chi connectivity index (χ3v) is 5.39. The summed E-state index contributed by atoms with van der Waals surface area (Å²) in [5.74, 6) is 3.01. The topological polar surface area (TPSA) is 63.2 Å². The predicted molar refractivity (Wildman–Crippen MR) is 102 cm³/mol. The molecule has 6 heteroatoms. The Labute approximate surface area is 164 Å². The molecular weight excluding hydrogens is 360 g/mol. The lowest BCUT2D eigenvalue weighted by Gasteiger charge is -2.29. The van der Waals surface area contributed by atoms with Crippen molar-refractivity contribution in [2.75, 3.05) is 13.6 Å². The number of benzene rings is 2. The van der Waals surface area contributed by atoms with E-state index in [9.17, 15) is 4.79 Å². The monoisotopic (exact) mass is 384 g/mol. The predicted octanol–water partition coefficient (Wildman–Crippen LogP) is 4.26. The van der Waals surface area contributed by atoms with E-state index in [4.69, 9.17) is 23.7 Å². The normalized spacial score (nSPS) is 17.1. The van der Waals surface area contributed by atoms with E-state index in [1.165, 1.54) is 6.92 Å². The van der Waals surface area contributed by atoms with E-state index in [1.807, 2.05) is 30.3 Å². The molecule has 2 aromatic rings. The summed E-state index contributed by atoms with van der Waals surface area (Å²) in [6.07, 6.45) is 0.469. The molecule has 0 unspecified atom stereocenters. The Balaban J connectivity index is 1.53. The number of esters is 1. The highest BCUT2D eigenvalue weighted by Crippen LogP contribution is 2.40. The molecule has 0 saturated heterocycles. The summed E-state index contributed by atoms with van der Waals surface area (Å²) >= 11 is 0. The summed E-state index contributed by atoms with van der Waals surface area (Å²) in [4.78, 5) is 11.8. The van der Waals surface area contributed by atoms with Crippen molar-refractivity contribution in [1.29, 1.82) is 0 Å². The summed E-state index contributed by atoms with van der Waals surface area (Å²) < 4.78 is 27.4. The molecule has 0 bridgehead atoms. The molecule has 0 fully saturated rings. The van der Waals surface area contributed by atoms with Crippen LogP contribution in [0, 0.1) is 11.8 Å². The van der Waals surface area contributed by atoms with Crippen molar-refractivity contribution >= 4 is 5.97 Å². The fourth-order valence-electron chi connectivity index (χ4n) is 3.67. The first-order chi connectivity index (χ1) is 13.5. The highest BCUT2D eigenvalue weighted by atomic mass is 16.7. The van der Waals surface area contributed by atoms with Gasteiger partial charge in [0.25, 0.3) is 0 Å². The molecule has 2 heterocycles. The molecule has 0 aromatic heterocycles. The number of carbonyl (C=O) groups is 1. The molecule has 0 radical (unpaired) electrons. The van der Waals surface area contributed by atoms with Crippen LogP contribution in [0.1, 0.15) is 38.0 Å². The number of hydrogen-bond acceptors (Lipinski definition) is 6. The van der Waals surface area contributed by atoms with Crippen molar-refractivity contribution in [2.24, 2.45) is 11.8 Å². The fourth-order valence-corrected chi connectivity index (χ4v) is 3.67. The second-order valence-electron chi connectivity index (χ2n) is 7.37. The molecule has 2 aromatic carbocycles. The smallest absolute Gasteiger partial charge is 0.303 e. The van der Waals surface area contributed by atoms with Crippen LogP contribution in [0.3, 0.4) is 0 Å². The third kappa shape index (κ3) is 3.72. The van der Waals surface area contributed by atoms with Gasteiger partial charge in [0, 0.05) is 12.8 Å². The van der Waals surface area contributed by atoms with Crippen LogP contribution in [-0.2, 0) is 16.0 Å². The lowest BCUT2D eigenvalue weighted by molar-refractivity contribution is -0.150. The highest BCUT2D eigenvalue weighted by molar-refractivity contribution is 5.66. The molecule has 2 aliphatic rings. The van der Waals surface area contributed by atoms with E-state index in [2.05, 4.69) is 19.9 Å². The van der Waals surface area contributed by atoms with E-state index in [-0.39, 0.29) is 37.5 Å². The van der Waals surface area contributed by atoms with Crippen LogP contribution in [0.25, 0.3) is 0 Å². The van der Waals surface area contributed by atoms with E-state index < -0.39 is 0 Å². The Kier molecular flexibility index (Phi) is 5.03. The van der Waals surface area contributed by atoms with Crippen molar-refractivity contribution in [3.63, 3.8) is 0 Å². The SMILES string of the molecule is CC(=O)O[C@H](c1ccc2c(c1)OCO2)[C@H](C)[C@H](C)Cc1ccc2c(c1)OCO2. The van der Waals surface area contributed by atoms with Gasteiger partial charge in [-0.05, 0) is 47.7 Å². The van der Waals surface area contributed by atoms with Crippen molar-refractivity contribution in [1.82, 2.24) is 0 Å². The molecule has 3 atom stereocenters. The summed E-state index contributed by atoms with van der Waals surface area (Å²) in [6, 6.07) is 11.7. The van der Waals surface area contributed by atoms with Gasteiger partial charge in [0.1, 0.15) is 6.10 Å². The molecular formula is C22H24O6. The van der Waals surface area contributed by atoms with Crippen molar-refractivity contribution in [3.05, 3.63) is 47.5 Å². The number of rotatable bonds is 6. The third-order valence-electron chi connectivity index (χ3n) is 5.39. The highest BCUT2D eigenvalue weighted by Gasteiger charge is 2.29. The van der Waals surface area contributed by atoms with Crippen molar-refractivity contribution < 1.29 is 28.5 Å². The zero-order valence-corrected chi connectivity index (χ0v) is 16.3. The second kappa shape index (κ2) is 7.62. The van der Waals surface area contributed by atoms with E-state index in [1.54, 1.807) is 0 Å². The number of ether oxygens (including phenoxy) is 5. The zero-order valence-electron chi connectivity index (χ0n) is 16.3. The fraction of sp³-hybridized carbons (Fsp3) is 0.409. The molecule has 0 aliphatic carbocycles. The van der Waals surface area contributed by atoms with Crippen LogP contribution in [0.4, 0.5) is 0 Å². The Morgan fingerprint density at radius 2 is 1.54 bits per heavy atom. The van der Waals surface area contributed by atoms with Gasteiger partial charge in [-0.2, -0.15) is 0 Å². The minimum absolute atomic E-state index is 0.0923. The maximum atomic E-state index is 11.8. The first kappa shape index (κ1) is 18.5. The maximum absolute atomic E-state index is 11.8. The number of fused-ring (bicyclic) bond motifs is 2. The molecule has 0 N–H and O–H groups in total. The van der Waals surface area contributed by atoms with E-state index in [0.29, 0.717) is 11.5 Å². The van der Waals surface area contributed by atoms with Crippen LogP contribution >= 0.6 is 0 Å². The maximum Gasteiger partial charge on any atom is 0.303 e. The van der Waals surface area contributed by atoms with Crippen molar-refractivity contribution in [3.8, 4) is 23.0 Å². The van der Waals surface area contributed by atoms with Gasteiger partial charge in [-0.15, -0.1) is 0 Å². The first-order valence-corrected chi connectivity index (χ1v) is 9.46. The first-order valence-electron chi connectivity index (χ1n) is 9.46.